The molecule has 2 aliphatic carbocycles. The van der Waals surface area contributed by atoms with Crippen LogP contribution in [0.2, 0.25) is 0 Å². The van der Waals surface area contributed by atoms with Crippen LogP contribution >= 0.6 is 11.3 Å². The second-order valence-electron chi connectivity index (χ2n) is 6.40. The van der Waals surface area contributed by atoms with Crippen LogP contribution in [0.15, 0.2) is 18.2 Å². The van der Waals surface area contributed by atoms with Gasteiger partial charge in [-0.15, -0.1) is 11.3 Å². The van der Waals surface area contributed by atoms with Crippen molar-refractivity contribution in [1.82, 2.24) is 10.9 Å². The molecule has 1 heterocycles. The van der Waals surface area contributed by atoms with E-state index in [1.165, 1.54) is 36.1 Å². The quantitative estimate of drug-likeness (QED) is 0.643. The van der Waals surface area contributed by atoms with Crippen LogP contribution in [0.5, 0.6) is 0 Å². The largest absolute Gasteiger partial charge is 0.279 e. The van der Waals surface area contributed by atoms with Crippen LogP contribution in [0.4, 0.5) is 0 Å². The van der Waals surface area contributed by atoms with Gasteiger partial charge in [-0.1, -0.05) is 25.0 Å². The number of hydrogen-bond donors (Lipinski definition) is 2. The highest BCUT2D eigenvalue weighted by molar-refractivity contribution is 7.14. The van der Waals surface area contributed by atoms with Crippen molar-refractivity contribution in [3.05, 3.63) is 33.5 Å². The van der Waals surface area contributed by atoms with E-state index in [1.807, 2.05) is 12.1 Å². The number of hydrazine groups is 1. The molecule has 1 atom stereocenters. The van der Waals surface area contributed by atoms with Crippen molar-refractivity contribution < 1.29 is 9.59 Å². The van der Waals surface area contributed by atoms with Crippen molar-refractivity contribution in [2.24, 2.45) is 5.92 Å². The molecule has 4 nitrogen and oxygen atoms in total. The topological polar surface area (TPSA) is 58.2 Å². The van der Waals surface area contributed by atoms with Gasteiger partial charge < -0.3 is 0 Å². The number of allylic oxidation sites excluding steroid dienone is 2. The van der Waals surface area contributed by atoms with Gasteiger partial charge in [-0.05, 0) is 56.6 Å². The minimum atomic E-state index is -0.193. The number of thiophene rings is 1. The Morgan fingerprint density at radius 2 is 1.87 bits per heavy atom. The molecule has 0 saturated carbocycles. The Bertz CT molecular complexity index is 581. The molecule has 2 amide bonds. The van der Waals surface area contributed by atoms with Crippen LogP contribution < -0.4 is 10.9 Å². The van der Waals surface area contributed by atoms with Crippen molar-refractivity contribution in [2.75, 3.05) is 0 Å². The molecule has 2 N–H and O–H groups in total. The van der Waals surface area contributed by atoms with Crippen molar-refractivity contribution in [3.63, 3.8) is 0 Å². The number of amides is 2. The van der Waals surface area contributed by atoms with Gasteiger partial charge in [-0.25, -0.2) is 0 Å². The number of hydrogen-bond acceptors (Lipinski definition) is 3. The Labute approximate surface area is 141 Å². The maximum absolute atomic E-state index is 12.3. The molecule has 1 aromatic heterocycles. The van der Waals surface area contributed by atoms with Crippen LogP contribution in [0.1, 0.15) is 65.1 Å². The predicted octanol–water partition coefficient (Wildman–Crippen LogP) is 3.52. The average molecular weight is 332 g/mol. The second kappa shape index (κ2) is 7.77. The fraction of sp³-hybridized carbons (Fsp3) is 0.556. The van der Waals surface area contributed by atoms with Crippen molar-refractivity contribution in [3.8, 4) is 0 Å². The highest BCUT2D eigenvalue weighted by Crippen LogP contribution is 2.28. The van der Waals surface area contributed by atoms with E-state index in [2.05, 4.69) is 16.9 Å². The molecule has 2 aliphatic rings. The van der Waals surface area contributed by atoms with Crippen molar-refractivity contribution in [1.29, 1.82) is 0 Å². The molecule has 0 saturated heterocycles. The number of nitrogens with one attached hydrogen (secondary N) is 2. The van der Waals surface area contributed by atoms with E-state index in [4.69, 9.17) is 0 Å². The smallest absolute Gasteiger partial charge is 0.273 e. The van der Waals surface area contributed by atoms with E-state index in [0.29, 0.717) is 4.88 Å². The normalized spacial score (nSPS) is 21.0. The molecule has 0 radical (unpaired) electrons. The SMILES string of the molecule is O=C(NNC(=O)C1CC=CCC1)c1cc2c(s1)CCCCCC2. The first-order valence-corrected chi connectivity index (χ1v) is 9.42. The molecular weight excluding hydrogens is 308 g/mol. The summed E-state index contributed by atoms with van der Waals surface area (Å²) in [6.07, 6.45) is 13.8. The van der Waals surface area contributed by atoms with E-state index < -0.39 is 0 Å². The average Bonchev–Trinajstić information content (AvgIpc) is 2.95. The third-order valence-corrected chi connectivity index (χ3v) is 5.90. The summed E-state index contributed by atoms with van der Waals surface area (Å²) >= 11 is 1.58. The summed E-state index contributed by atoms with van der Waals surface area (Å²) in [5, 5.41) is 0. The zero-order chi connectivity index (χ0) is 16.1. The lowest BCUT2D eigenvalue weighted by atomic mass is 9.94. The Morgan fingerprint density at radius 3 is 2.65 bits per heavy atom. The van der Waals surface area contributed by atoms with E-state index in [0.717, 1.165) is 32.1 Å². The molecule has 5 heteroatoms. The first kappa shape index (κ1) is 16.2. The molecule has 1 aromatic rings. The fourth-order valence-corrected chi connectivity index (χ4v) is 4.42. The Balaban J connectivity index is 1.56. The third-order valence-electron chi connectivity index (χ3n) is 4.66. The summed E-state index contributed by atoms with van der Waals surface area (Å²) in [5.74, 6) is -0.303. The molecular formula is C18H24N2O2S. The van der Waals surface area contributed by atoms with Crippen molar-refractivity contribution >= 4 is 23.2 Å². The summed E-state index contributed by atoms with van der Waals surface area (Å²) in [4.78, 5) is 26.4. The van der Waals surface area contributed by atoms with Gasteiger partial charge in [-0.2, -0.15) is 0 Å². The molecule has 0 aromatic carbocycles. The van der Waals surface area contributed by atoms with Gasteiger partial charge in [-0.3, -0.25) is 20.4 Å². The highest BCUT2D eigenvalue weighted by Gasteiger charge is 2.20. The number of carbonyl (C=O) groups is 2. The lowest BCUT2D eigenvalue weighted by molar-refractivity contribution is -0.126. The number of aryl methyl sites for hydroxylation is 2. The van der Waals surface area contributed by atoms with E-state index in [1.54, 1.807) is 11.3 Å². The molecule has 124 valence electrons. The van der Waals surface area contributed by atoms with E-state index >= 15 is 0 Å². The summed E-state index contributed by atoms with van der Waals surface area (Å²) in [6, 6.07) is 2.01. The minimum Gasteiger partial charge on any atom is -0.273 e. The van der Waals surface area contributed by atoms with Gasteiger partial charge in [0.05, 0.1) is 4.88 Å². The molecule has 3 rings (SSSR count). The van der Waals surface area contributed by atoms with Crippen molar-refractivity contribution in [2.45, 2.75) is 57.8 Å². The lowest BCUT2D eigenvalue weighted by Crippen LogP contribution is -2.44. The number of carbonyl (C=O) groups excluding carboxylic acids is 2. The van der Waals surface area contributed by atoms with Crippen LogP contribution in [0.25, 0.3) is 0 Å². The highest BCUT2D eigenvalue weighted by atomic mass is 32.1. The van der Waals surface area contributed by atoms with Gasteiger partial charge in [0.25, 0.3) is 5.91 Å². The van der Waals surface area contributed by atoms with Crippen LogP contribution in [-0.4, -0.2) is 11.8 Å². The van der Waals surface area contributed by atoms with Crippen LogP contribution in [-0.2, 0) is 17.6 Å². The Hall–Kier alpha value is -1.62. The third kappa shape index (κ3) is 4.22. The number of rotatable bonds is 2. The van der Waals surface area contributed by atoms with Gasteiger partial charge in [0.1, 0.15) is 0 Å². The lowest BCUT2D eigenvalue weighted by Gasteiger charge is -2.17. The van der Waals surface area contributed by atoms with Gasteiger partial charge >= 0.3 is 0 Å². The van der Waals surface area contributed by atoms with Gasteiger partial charge in [0.15, 0.2) is 0 Å². The summed E-state index contributed by atoms with van der Waals surface area (Å²) in [5.41, 5.74) is 6.50. The second-order valence-corrected chi connectivity index (χ2v) is 7.53. The summed E-state index contributed by atoms with van der Waals surface area (Å²) in [7, 11) is 0. The first-order valence-electron chi connectivity index (χ1n) is 8.61. The Morgan fingerprint density at radius 1 is 1.04 bits per heavy atom. The van der Waals surface area contributed by atoms with E-state index in [-0.39, 0.29) is 17.7 Å². The molecule has 0 fully saturated rings. The molecule has 0 bridgehead atoms. The zero-order valence-electron chi connectivity index (χ0n) is 13.4. The predicted molar refractivity (Wildman–Crippen MR) is 92.3 cm³/mol. The monoisotopic (exact) mass is 332 g/mol. The first-order chi connectivity index (χ1) is 11.2. The van der Waals surface area contributed by atoms with Gasteiger partial charge in [0, 0.05) is 10.8 Å². The van der Waals surface area contributed by atoms with E-state index in [9.17, 15) is 9.59 Å². The zero-order valence-corrected chi connectivity index (χ0v) is 14.2. The molecule has 1 unspecified atom stereocenters. The maximum atomic E-state index is 12.3. The fourth-order valence-electron chi connectivity index (χ4n) is 3.27. The minimum absolute atomic E-state index is 0.0242. The standard InChI is InChI=1S/C18H24N2O2S/c21-17(13-8-5-3-6-9-13)19-20-18(22)16-12-14-10-4-1-2-7-11-15(14)23-16/h3,5,12-13H,1-2,4,6-11H2,(H,19,21)(H,20,22). The van der Waals surface area contributed by atoms with Crippen LogP contribution in [0.3, 0.4) is 0 Å². The molecule has 0 aliphatic heterocycles. The number of fused-ring (bicyclic) bond motifs is 1. The Kier molecular flexibility index (Phi) is 5.49. The van der Waals surface area contributed by atoms with Crippen LogP contribution in [0, 0.1) is 5.92 Å². The molecule has 23 heavy (non-hydrogen) atoms. The maximum Gasteiger partial charge on any atom is 0.279 e. The summed E-state index contributed by atoms with van der Waals surface area (Å²) < 4.78 is 0. The summed E-state index contributed by atoms with van der Waals surface area (Å²) in [6.45, 7) is 0. The molecule has 0 spiro atoms. The van der Waals surface area contributed by atoms with Gasteiger partial charge in [0.2, 0.25) is 5.91 Å².